The van der Waals surface area contributed by atoms with Gasteiger partial charge in [0.05, 0.1) is 5.52 Å². The number of aromatic amines is 1. The van der Waals surface area contributed by atoms with Crippen molar-refractivity contribution in [2.24, 2.45) is 5.73 Å². The van der Waals surface area contributed by atoms with Gasteiger partial charge < -0.3 is 15.5 Å². The van der Waals surface area contributed by atoms with Crippen LogP contribution in [0.25, 0.3) is 21.8 Å². The van der Waals surface area contributed by atoms with Gasteiger partial charge in [-0.25, -0.2) is 0 Å². The van der Waals surface area contributed by atoms with E-state index >= 15 is 0 Å². The van der Waals surface area contributed by atoms with Crippen molar-refractivity contribution in [3.63, 3.8) is 0 Å². The summed E-state index contributed by atoms with van der Waals surface area (Å²) in [5.74, 6) is -1.61. The third kappa shape index (κ3) is 2.26. The Morgan fingerprint density at radius 2 is 1.81 bits per heavy atom. The highest BCUT2D eigenvalue weighted by Gasteiger charge is 2.33. The fourth-order valence-corrected chi connectivity index (χ4v) is 2.35. The average Bonchev–Trinajstić information content (AvgIpc) is 2.74. The minimum Gasteiger partial charge on any atom is -0.405 e. The van der Waals surface area contributed by atoms with Crippen LogP contribution in [0.2, 0.25) is 0 Å². The van der Waals surface area contributed by atoms with Gasteiger partial charge >= 0.3 is 6.36 Å². The lowest BCUT2D eigenvalue weighted by molar-refractivity contribution is -0.274. The summed E-state index contributed by atoms with van der Waals surface area (Å²) in [5, 5.41) is 1.39. The first-order chi connectivity index (χ1) is 9.87. The molecule has 7 heteroatoms. The summed E-state index contributed by atoms with van der Waals surface area (Å²) in [4.78, 5) is 14.5. The lowest BCUT2D eigenvalue weighted by Gasteiger charge is -2.12. The normalized spacial score (nSPS) is 12.0. The highest BCUT2D eigenvalue weighted by atomic mass is 19.4. The molecule has 0 saturated carbocycles. The SMILES string of the molecule is NC(=O)c1c(OC(F)(F)F)ccc2c1[nH]c1ccccc12. The second-order valence-electron chi connectivity index (χ2n) is 4.44. The predicted octanol–water partition coefficient (Wildman–Crippen LogP) is 3.32. The number of halogens is 3. The van der Waals surface area contributed by atoms with E-state index in [0.717, 1.165) is 11.5 Å². The number of H-pyrrole nitrogens is 1. The topological polar surface area (TPSA) is 68.1 Å². The Labute approximate surface area is 116 Å². The zero-order chi connectivity index (χ0) is 15.2. The summed E-state index contributed by atoms with van der Waals surface area (Å²) in [6.45, 7) is 0. The van der Waals surface area contributed by atoms with Gasteiger partial charge in [0, 0.05) is 16.3 Å². The number of rotatable bonds is 2. The molecule has 0 spiro atoms. The number of hydrogen-bond donors (Lipinski definition) is 2. The van der Waals surface area contributed by atoms with E-state index in [1.165, 1.54) is 6.07 Å². The monoisotopic (exact) mass is 294 g/mol. The van der Waals surface area contributed by atoms with E-state index in [0.29, 0.717) is 10.9 Å². The molecule has 0 aliphatic heterocycles. The van der Waals surface area contributed by atoms with Gasteiger partial charge in [-0.15, -0.1) is 13.2 Å². The molecule has 108 valence electrons. The molecule has 0 saturated heterocycles. The molecule has 3 aromatic rings. The van der Waals surface area contributed by atoms with Crippen molar-refractivity contribution in [1.82, 2.24) is 4.98 Å². The van der Waals surface area contributed by atoms with Crippen LogP contribution in [-0.2, 0) is 0 Å². The van der Waals surface area contributed by atoms with Gasteiger partial charge in [-0.3, -0.25) is 4.79 Å². The van der Waals surface area contributed by atoms with E-state index in [9.17, 15) is 18.0 Å². The van der Waals surface area contributed by atoms with Crippen molar-refractivity contribution in [3.8, 4) is 5.75 Å². The highest BCUT2D eigenvalue weighted by molar-refractivity contribution is 6.16. The van der Waals surface area contributed by atoms with Gasteiger partial charge in [0.25, 0.3) is 5.91 Å². The number of alkyl halides is 3. The van der Waals surface area contributed by atoms with Gasteiger partial charge in [-0.1, -0.05) is 18.2 Å². The number of aromatic nitrogens is 1. The fraction of sp³-hybridized carbons (Fsp3) is 0.0714. The predicted molar refractivity (Wildman–Crippen MR) is 71.0 cm³/mol. The third-order valence-corrected chi connectivity index (χ3v) is 3.12. The van der Waals surface area contributed by atoms with E-state index in [4.69, 9.17) is 5.73 Å². The maximum atomic E-state index is 12.4. The molecule has 0 bridgehead atoms. The summed E-state index contributed by atoms with van der Waals surface area (Å²) >= 11 is 0. The molecule has 1 aromatic heterocycles. The minimum atomic E-state index is -4.90. The Morgan fingerprint density at radius 3 is 2.48 bits per heavy atom. The third-order valence-electron chi connectivity index (χ3n) is 3.12. The quantitative estimate of drug-likeness (QED) is 0.761. The molecule has 3 N–H and O–H groups in total. The summed E-state index contributed by atoms with van der Waals surface area (Å²) in [5.41, 5.74) is 5.82. The van der Waals surface area contributed by atoms with Gasteiger partial charge in [0.1, 0.15) is 11.3 Å². The molecule has 0 unspecified atom stereocenters. The Balaban J connectivity index is 2.34. The Kier molecular flexibility index (Phi) is 2.79. The van der Waals surface area contributed by atoms with E-state index in [-0.39, 0.29) is 11.1 Å². The van der Waals surface area contributed by atoms with E-state index in [1.54, 1.807) is 24.3 Å². The minimum absolute atomic E-state index is 0.227. The van der Waals surface area contributed by atoms with Crippen LogP contribution in [0, 0.1) is 0 Å². The molecule has 1 heterocycles. The molecule has 0 aliphatic rings. The van der Waals surface area contributed by atoms with Crippen molar-refractivity contribution in [2.45, 2.75) is 6.36 Å². The van der Waals surface area contributed by atoms with Crippen LogP contribution < -0.4 is 10.5 Å². The van der Waals surface area contributed by atoms with Crippen LogP contribution >= 0.6 is 0 Å². The van der Waals surface area contributed by atoms with Crippen molar-refractivity contribution >= 4 is 27.7 Å². The van der Waals surface area contributed by atoms with Gasteiger partial charge in [-0.05, 0) is 18.2 Å². The van der Waals surface area contributed by atoms with Crippen molar-refractivity contribution < 1.29 is 22.7 Å². The zero-order valence-electron chi connectivity index (χ0n) is 10.5. The molecule has 2 aromatic carbocycles. The number of benzene rings is 2. The largest absolute Gasteiger partial charge is 0.573 e. The number of hydrogen-bond acceptors (Lipinski definition) is 2. The molecule has 0 fully saturated rings. The van der Waals surface area contributed by atoms with Crippen molar-refractivity contribution in [3.05, 3.63) is 42.0 Å². The number of fused-ring (bicyclic) bond motifs is 3. The highest BCUT2D eigenvalue weighted by Crippen LogP contribution is 2.34. The average molecular weight is 294 g/mol. The number of carbonyl (C=O) groups excluding carboxylic acids is 1. The molecule has 3 rings (SSSR count). The molecule has 0 atom stereocenters. The summed E-state index contributed by atoms with van der Waals surface area (Å²) in [7, 11) is 0. The number of ether oxygens (including phenoxy) is 1. The molecular formula is C14H9F3N2O2. The first kappa shape index (κ1) is 13.3. The number of para-hydroxylation sites is 1. The number of primary amides is 1. The Morgan fingerprint density at radius 1 is 1.10 bits per heavy atom. The van der Waals surface area contributed by atoms with Crippen LogP contribution in [-0.4, -0.2) is 17.3 Å². The van der Waals surface area contributed by atoms with Gasteiger partial charge in [-0.2, -0.15) is 0 Å². The standard InChI is InChI=1S/C14H9F3N2O2/c15-14(16,17)21-10-6-5-8-7-3-1-2-4-9(7)19-12(8)11(10)13(18)20/h1-6,19H,(H2,18,20). The maximum absolute atomic E-state index is 12.4. The molecule has 0 aliphatic carbocycles. The molecule has 4 nitrogen and oxygen atoms in total. The molecule has 0 radical (unpaired) electrons. The smallest absolute Gasteiger partial charge is 0.405 e. The van der Waals surface area contributed by atoms with Crippen LogP contribution in [0.1, 0.15) is 10.4 Å². The Hall–Kier alpha value is -2.70. The van der Waals surface area contributed by atoms with Gasteiger partial charge in [0.2, 0.25) is 0 Å². The summed E-state index contributed by atoms with van der Waals surface area (Å²) in [6, 6.07) is 9.67. The lowest BCUT2D eigenvalue weighted by atomic mass is 10.1. The van der Waals surface area contributed by atoms with Crippen molar-refractivity contribution in [1.29, 1.82) is 0 Å². The molecular weight excluding hydrogens is 285 g/mol. The fourth-order valence-electron chi connectivity index (χ4n) is 2.35. The first-order valence-electron chi connectivity index (χ1n) is 5.96. The number of amides is 1. The number of nitrogens with two attached hydrogens (primary N) is 1. The lowest BCUT2D eigenvalue weighted by Crippen LogP contribution is -2.21. The van der Waals surface area contributed by atoms with E-state index in [1.807, 2.05) is 0 Å². The second kappa shape index (κ2) is 4.41. The van der Waals surface area contributed by atoms with Crippen LogP contribution in [0.15, 0.2) is 36.4 Å². The number of carbonyl (C=O) groups is 1. The second-order valence-corrected chi connectivity index (χ2v) is 4.44. The van der Waals surface area contributed by atoms with E-state index in [2.05, 4.69) is 9.72 Å². The number of nitrogens with one attached hydrogen (secondary N) is 1. The summed E-state index contributed by atoms with van der Waals surface area (Å²) < 4.78 is 41.1. The first-order valence-corrected chi connectivity index (χ1v) is 5.96. The van der Waals surface area contributed by atoms with E-state index < -0.39 is 18.0 Å². The zero-order valence-corrected chi connectivity index (χ0v) is 10.5. The van der Waals surface area contributed by atoms with Gasteiger partial charge in [0.15, 0.2) is 0 Å². The van der Waals surface area contributed by atoms with Crippen molar-refractivity contribution in [2.75, 3.05) is 0 Å². The van der Waals surface area contributed by atoms with Crippen LogP contribution in [0.5, 0.6) is 5.75 Å². The Bertz CT molecular complexity index is 852. The van der Waals surface area contributed by atoms with Crippen LogP contribution in [0.4, 0.5) is 13.2 Å². The molecule has 21 heavy (non-hydrogen) atoms. The molecule has 1 amide bonds. The van der Waals surface area contributed by atoms with Crippen LogP contribution in [0.3, 0.4) is 0 Å². The maximum Gasteiger partial charge on any atom is 0.573 e. The summed E-state index contributed by atoms with van der Waals surface area (Å²) in [6.07, 6.45) is -4.90.